The Hall–Kier alpha value is -2.61. The van der Waals surface area contributed by atoms with Crippen LogP contribution in [0.1, 0.15) is 12.5 Å². The highest BCUT2D eigenvalue weighted by Crippen LogP contribution is 2.22. The van der Waals surface area contributed by atoms with Gasteiger partial charge >= 0.3 is 5.97 Å². The molecule has 0 radical (unpaired) electrons. The van der Waals surface area contributed by atoms with Crippen molar-refractivity contribution in [1.82, 2.24) is 4.98 Å². The molecular formula is C15H15N3O2. The van der Waals surface area contributed by atoms with Crippen molar-refractivity contribution in [3.63, 3.8) is 0 Å². The number of aromatic nitrogens is 1. The minimum absolute atomic E-state index is 0.301. The molecule has 0 aliphatic heterocycles. The molecule has 0 aliphatic carbocycles. The average molecular weight is 269 g/mol. The molecule has 2 aromatic rings. The van der Waals surface area contributed by atoms with Crippen molar-refractivity contribution in [3.05, 3.63) is 35.9 Å². The maximum absolute atomic E-state index is 10.9. The van der Waals surface area contributed by atoms with Gasteiger partial charge in [-0.2, -0.15) is 5.26 Å². The van der Waals surface area contributed by atoms with E-state index in [0.717, 1.165) is 10.9 Å². The number of benzene rings is 1. The molecule has 0 saturated heterocycles. The zero-order chi connectivity index (χ0) is 14.7. The first-order valence-corrected chi connectivity index (χ1v) is 6.26. The summed E-state index contributed by atoms with van der Waals surface area (Å²) in [5.74, 6) is -0.879. The van der Waals surface area contributed by atoms with Crippen LogP contribution in [0.25, 0.3) is 10.9 Å². The van der Waals surface area contributed by atoms with Crippen LogP contribution in [0, 0.1) is 17.2 Å². The van der Waals surface area contributed by atoms with Crippen LogP contribution < -0.4 is 4.90 Å². The lowest BCUT2D eigenvalue weighted by molar-refractivity contribution is -0.140. The number of para-hydroxylation sites is 1. The first-order chi connectivity index (χ1) is 9.52. The highest BCUT2D eigenvalue weighted by atomic mass is 16.4. The highest BCUT2D eigenvalue weighted by molar-refractivity contribution is 5.83. The molecule has 5 nitrogen and oxygen atoms in total. The van der Waals surface area contributed by atoms with Gasteiger partial charge in [0.15, 0.2) is 0 Å². The number of hydrogen-bond acceptors (Lipinski definition) is 4. The lowest BCUT2D eigenvalue weighted by Crippen LogP contribution is -2.29. The number of carboxylic acid groups (broad SMARTS) is 1. The molecule has 102 valence electrons. The fourth-order valence-corrected chi connectivity index (χ4v) is 2.05. The standard InChI is InChI=1S/C15H15N3O2/c1-10(15(19)20)9-18(2)14-12(8-16)7-11-5-3-4-6-13(11)17-14/h3-7,10H,9H2,1-2H3,(H,19,20). The number of fused-ring (bicyclic) bond motifs is 1. The Kier molecular flexibility index (Phi) is 3.85. The van der Waals surface area contributed by atoms with Crippen LogP contribution in [0.3, 0.4) is 0 Å². The maximum Gasteiger partial charge on any atom is 0.308 e. The van der Waals surface area contributed by atoms with Gasteiger partial charge in [-0.1, -0.05) is 25.1 Å². The van der Waals surface area contributed by atoms with Crippen molar-refractivity contribution in [2.75, 3.05) is 18.5 Å². The topological polar surface area (TPSA) is 77.2 Å². The number of anilines is 1. The van der Waals surface area contributed by atoms with Gasteiger partial charge in [-0.05, 0) is 12.1 Å². The van der Waals surface area contributed by atoms with Crippen LogP contribution in [0.4, 0.5) is 5.82 Å². The number of carboxylic acids is 1. The van der Waals surface area contributed by atoms with E-state index in [1.807, 2.05) is 24.3 Å². The summed E-state index contributed by atoms with van der Waals surface area (Å²) in [6.45, 7) is 1.93. The van der Waals surface area contributed by atoms with Gasteiger partial charge in [-0.15, -0.1) is 0 Å². The van der Waals surface area contributed by atoms with E-state index >= 15 is 0 Å². The Morgan fingerprint density at radius 3 is 2.85 bits per heavy atom. The fourth-order valence-electron chi connectivity index (χ4n) is 2.05. The van der Waals surface area contributed by atoms with Crippen LogP contribution in [0.5, 0.6) is 0 Å². The number of rotatable bonds is 4. The van der Waals surface area contributed by atoms with Gasteiger partial charge < -0.3 is 10.0 Å². The van der Waals surface area contributed by atoms with E-state index in [1.165, 1.54) is 0 Å². The summed E-state index contributed by atoms with van der Waals surface area (Å²) in [6, 6.07) is 11.4. The quantitative estimate of drug-likeness (QED) is 0.921. The Bertz CT molecular complexity index is 691. The molecule has 1 aromatic heterocycles. The SMILES string of the molecule is CC(CN(C)c1nc2ccccc2cc1C#N)C(=O)O. The van der Waals surface area contributed by atoms with Gasteiger partial charge in [0.1, 0.15) is 11.9 Å². The van der Waals surface area contributed by atoms with Gasteiger partial charge in [-0.3, -0.25) is 4.79 Å². The van der Waals surface area contributed by atoms with Crippen LogP contribution >= 0.6 is 0 Å². The van der Waals surface area contributed by atoms with Crippen molar-refractivity contribution in [3.8, 4) is 6.07 Å². The maximum atomic E-state index is 10.9. The zero-order valence-corrected chi connectivity index (χ0v) is 11.4. The van der Waals surface area contributed by atoms with E-state index in [1.54, 1.807) is 24.9 Å². The Morgan fingerprint density at radius 2 is 2.20 bits per heavy atom. The Labute approximate surface area is 117 Å². The molecule has 1 atom stereocenters. The Morgan fingerprint density at radius 1 is 1.50 bits per heavy atom. The summed E-state index contributed by atoms with van der Waals surface area (Å²) in [5, 5.41) is 19.1. The van der Waals surface area contributed by atoms with Crippen molar-refractivity contribution in [1.29, 1.82) is 5.26 Å². The van der Waals surface area contributed by atoms with E-state index in [2.05, 4.69) is 11.1 Å². The average Bonchev–Trinajstić information content (AvgIpc) is 2.45. The third-order valence-electron chi connectivity index (χ3n) is 3.16. The van der Waals surface area contributed by atoms with Crippen molar-refractivity contribution >= 4 is 22.7 Å². The minimum Gasteiger partial charge on any atom is -0.481 e. The number of carbonyl (C=O) groups is 1. The molecule has 1 heterocycles. The molecule has 0 aliphatic rings. The van der Waals surface area contributed by atoms with Gasteiger partial charge in [0.25, 0.3) is 0 Å². The first kappa shape index (κ1) is 13.8. The lowest BCUT2D eigenvalue weighted by Gasteiger charge is -2.21. The molecule has 20 heavy (non-hydrogen) atoms. The van der Waals surface area contributed by atoms with Gasteiger partial charge in [0, 0.05) is 19.0 Å². The summed E-state index contributed by atoms with van der Waals surface area (Å²) in [6.07, 6.45) is 0. The summed E-state index contributed by atoms with van der Waals surface area (Å²) in [4.78, 5) is 17.1. The molecule has 0 fully saturated rings. The van der Waals surface area contributed by atoms with Gasteiger partial charge in [-0.25, -0.2) is 4.98 Å². The van der Waals surface area contributed by atoms with E-state index < -0.39 is 11.9 Å². The number of pyridine rings is 1. The first-order valence-electron chi connectivity index (χ1n) is 6.26. The second kappa shape index (κ2) is 5.57. The molecule has 0 spiro atoms. The molecule has 1 aromatic carbocycles. The van der Waals surface area contributed by atoms with E-state index in [-0.39, 0.29) is 0 Å². The smallest absolute Gasteiger partial charge is 0.308 e. The zero-order valence-electron chi connectivity index (χ0n) is 11.4. The van der Waals surface area contributed by atoms with Gasteiger partial charge in [0.2, 0.25) is 0 Å². The third kappa shape index (κ3) is 2.69. The number of nitrogens with zero attached hydrogens (tertiary/aromatic N) is 3. The highest BCUT2D eigenvalue weighted by Gasteiger charge is 2.17. The van der Waals surface area contributed by atoms with Crippen molar-refractivity contribution < 1.29 is 9.90 Å². The molecule has 1 unspecified atom stereocenters. The third-order valence-corrected chi connectivity index (χ3v) is 3.16. The molecule has 2 rings (SSSR count). The van der Waals surface area contributed by atoms with Gasteiger partial charge in [0.05, 0.1) is 17.0 Å². The summed E-state index contributed by atoms with van der Waals surface area (Å²) >= 11 is 0. The molecule has 5 heteroatoms. The predicted octanol–water partition coefficient (Wildman–Crippen LogP) is 2.26. The summed E-state index contributed by atoms with van der Waals surface area (Å²) < 4.78 is 0. The number of aliphatic carboxylic acids is 1. The lowest BCUT2D eigenvalue weighted by atomic mass is 10.1. The van der Waals surface area contributed by atoms with Crippen LogP contribution in [0.2, 0.25) is 0 Å². The fraction of sp³-hybridized carbons (Fsp3) is 0.267. The van der Waals surface area contributed by atoms with E-state index in [0.29, 0.717) is 17.9 Å². The summed E-state index contributed by atoms with van der Waals surface area (Å²) in [5.41, 5.74) is 1.24. The number of hydrogen-bond donors (Lipinski definition) is 1. The summed E-state index contributed by atoms with van der Waals surface area (Å²) in [7, 11) is 1.75. The monoisotopic (exact) mass is 269 g/mol. The minimum atomic E-state index is -0.865. The molecular weight excluding hydrogens is 254 g/mol. The second-order valence-corrected chi connectivity index (χ2v) is 4.78. The number of nitriles is 1. The largest absolute Gasteiger partial charge is 0.481 e. The molecule has 0 bridgehead atoms. The van der Waals surface area contributed by atoms with Crippen LogP contribution in [-0.2, 0) is 4.79 Å². The normalized spacial score (nSPS) is 11.8. The molecule has 1 N–H and O–H groups in total. The Balaban J connectivity index is 2.42. The van der Waals surface area contributed by atoms with Crippen molar-refractivity contribution in [2.45, 2.75) is 6.92 Å². The molecule has 0 saturated carbocycles. The van der Waals surface area contributed by atoms with E-state index in [9.17, 15) is 10.1 Å². The van der Waals surface area contributed by atoms with E-state index in [4.69, 9.17) is 5.11 Å². The van der Waals surface area contributed by atoms with Crippen molar-refractivity contribution in [2.24, 2.45) is 5.92 Å². The predicted molar refractivity (Wildman–Crippen MR) is 76.5 cm³/mol. The van der Waals surface area contributed by atoms with Crippen LogP contribution in [0.15, 0.2) is 30.3 Å². The van der Waals surface area contributed by atoms with Crippen LogP contribution in [-0.4, -0.2) is 29.7 Å². The molecule has 0 amide bonds. The second-order valence-electron chi connectivity index (χ2n) is 4.78.